The maximum Gasteiger partial charge on any atom is 0.251 e. The van der Waals surface area contributed by atoms with Gasteiger partial charge in [-0.3, -0.25) is 10.2 Å². The van der Waals surface area contributed by atoms with Crippen LogP contribution in [-0.4, -0.2) is 18.3 Å². The third-order valence-corrected chi connectivity index (χ3v) is 3.47. The summed E-state index contributed by atoms with van der Waals surface area (Å²) in [5, 5.41) is 9.68. The smallest absolute Gasteiger partial charge is 0.251 e. The minimum absolute atomic E-state index is 0.0388. The molecule has 0 atom stereocenters. The summed E-state index contributed by atoms with van der Waals surface area (Å²) in [5.41, 5.74) is 7.10. The zero-order valence-electron chi connectivity index (χ0n) is 13.0. The Balaban J connectivity index is 2.29. The molecule has 1 aromatic carbocycles. The van der Waals surface area contributed by atoms with Crippen molar-refractivity contribution in [1.29, 1.82) is 5.41 Å². The SMILES string of the molecule is CCCCCCCCc1ccc(C(=O)NCC(=N)N)cc1. The van der Waals surface area contributed by atoms with Gasteiger partial charge in [-0.2, -0.15) is 0 Å². The molecular weight excluding hydrogens is 262 g/mol. The highest BCUT2D eigenvalue weighted by Gasteiger charge is 2.05. The zero-order valence-corrected chi connectivity index (χ0v) is 13.0. The lowest BCUT2D eigenvalue weighted by Gasteiger charge is -2.06. The highest BCUT2D eigenvalue weighted by Crippen LogP contribution is 2.11. The lowest BCUT2D eigenvalue weighted by Crippen LogP contribution is -2.32. The Morgan fingerprint density at radius 1 is 1.10 bits per heavy atom. The number of hydrogen-bond acceptors (Lipinski definition) is 2. The highest BCUT2D eigenvalue weighted by molar-refractivity contribution is 5.96. The normalized spacial score (nSPS) is 10.3. The molecule has 21 heavy (non-hydrogen) atoms. The Labute approximate surface area is 127 Å². The summed E-state index contributed by atoms with van der Waals surface area (Å²) >= 11 is 0. The van der Waals surface area contributed by atoms with Gasteiger partial charge in [-0.1, -0.05) is 51.2 Å². The van der Waals surface area contributed by atoms with E-state index in [0.29, 0.717) is 5.56 Å². The first-order valence-corrected chi connectivity index (χ1v) is 7.83. The summed E-state index contributed by atoms with van der Waals surface area (Å²) in [6.07, 6.45) is 8.84. The Morgan fingerprint density at radius 2 is 1.71 bits per heavy atom. The van der Waals surface area contributed by atoms with E-state index >= 15 is 0 Å². The number of aryl methyl sites for hydroxylation is 1. The fraction of sp³-hybridized carbons (Fsp3) is 0.529. The van der Waals surface area contributed by atoms with Crippen LogP contribution < -0.4 is 11.1 Å². The van der Waals surface area contributed by atoms with Gasteiger partial charge >= 0.3 is 0 Å². The van der Waals surface area contributed by atoms with Crippen LogP contribution in [0, 0.1) is 5.41 Å². The van der Waals surface area contributed by atoms with E-state index < -0.39 is 0 Å². The van der Waals surface area contributed by atoms with Gasteiger partial charge in [-0.15, -0.1) is 0 Å². The fourth-order valence-corrected chi connectivity index (χ4v) is 2.21. The molecule has 0 saturated carbocycles. The lowest BCUT2D eigenvalue weighted by molar-refractivity contribution is 0.0959. The summed E-state index contributed by atoms with van der Waals surface area (Å²) in [5.74, 6) is -0.223. The summed E-state index contributed by atoms with van der Waals surface area (Å²) in [6.45, 7) is 2.33. The van der Waals surface area contributed by atoms with E-state index in [1.165, 1.54) is 44.1 Å². The Morgan fingerprint density at radius 3 is 2.33 bits per heavy atom. The van der Waals surface area contributed by atoms with Gasteiger partial charge in [-0.25, -0.2) is 0 Å². The number of unbranched alkanes of at least 4 members (excludes halogenated alkanes) is 5. The monoisotopic (exact) mass is 289 g/mol. The van der Waals surface area contributed by atoms with E-state index in [4.69, 9.17) is 11.1 Å². The molecule has 0 unspecified atom stereocenters. The number of nitrogens with two attached hydrogens (primary N) is 1. The van der Waals surface area contributed by atoms with Crippen molar-refractivity contribution in [1.82, 2.24) is 5.32 Å². The second-order valence-corrected chi connectivity index (χ2v) is 5.42. The van der Waals surface area contributed by atoms with Gasteiger partial charge in [0.05, 0.1) is 6.54 Å². The summed E-state index contributed by atoms with van der Waals surface area (Å²) in [6, 6.07) is 7.69. The van der Waals surface area contributed by atoms with Crippen molar-refractivity contribution in [3.63, 3.8) is 0 Å². The first-order valence-electron chi connectivity index (χ1n) is 7.83. The third-order valence-electron chi connectivity index (χ3n) is 3.47. The van der Waals surface area contributed by atoms with Crippen LogP contribution in [0.25, 0.3) is 0 Å². The molecule has 1 aromatic rings. The predicted molar refractivity (Wildman–Crippen MR) is 87.8 cm³/mol. The van der Waals surface area contributed by atoms with E-state index in [1.54, 1.807) is 0 Å². The molecule has 116 valence electrons. The van der Waals surface area contributed by atoms with E-state index in [-0.39, 0.29) is 18.3 Å². The number of amidine groups is 1. The van der Waals surface area contributed by atoms with Gasteiger partial charge in [0.25, 0.3) is 5.91 Å². The van der Waals surface area contributed by atoms with Crippen LogP contribution >= 0.6 is 0 Å². The molecule has 1 rings (SSSR count). The summed E-state index contributed by atoms with van der Waals surface area (Å²) in [7, 11) is 0. The Kier molecular flexibility index (Phi) is 8.17. The Hall–Kier alpha value is -1.84. The van der Waals surface area contributed by atoms with E-state index in [2.05, 4.69) is 12.2 Å². The minimum Gasteiger partial charge on any atom is -0.386 e. The van der Waals surface area contributed by atoms with E-state index in [0.717, 1.165) is 6.42 Å². The van der Waals surface area contributed by atoms with Crippen LogP contribution in [0.15, 0.2) is 24.3 Å². The molecule has 0 radical (unpaired) electrons. The van der Waals surface area contributed by atoms with Crippen LogP contribution in [0.5, 0.6) is 0 Å². The maximum absolute atomic E-state index is 11.8. The van der Waals surface area contributed by atoms with Crippen LogP contribution in [0.3, 0.4) is 0 Å². The molecule has 4 N–H and O–H groups in total. The van der Waals surface area contributed by atoms with Crippen LogP contribution in [0.1, 0.15) is 61.4 Å². The molecule has 4 nitrogen and oxygen atoms in total. The van der Waals surface area contributed by atoms with Crippen molar-refractivity contribution in [2.75, 3.05) is 6.54 Å². The molecule has 0 aliphatic heterocycles. The third kappa shape index (κ3) is 7.49. The molecule has 0 heterocycles. The second-order valence-electron chi connectivity index (χ2n) is 5.42. The molecule has 4 heteroatoms. The molecular formula is C17H27N3O. The molecule has 1 amide bonds. The number of carbonyl (C=O) groups excluding carboxylic acids is 1. The molecule has 0 aliphatic rings. The average molecular weight is 289 g/mol. The van der Waals surface area contributed by atoms with Crippen molar-refractivity contribution in [2.24, 2.45) is 5.73 Å². The summed E-state index contributed by atoms with van der Waals surface area (Å²) in [4.78, 5) is 11.8. The largest absolute Gasteiger partial charge is 0.386 e. The predicted octanol–water partition coefficient (Wildman–Crippen LogP) is 3.26. The standard InChI is InChI=1S/C17H27N3O/c1-2-3-4-5-6-7-8-14-9-11-15(12-10-14)17(21)20-13-16(18)19/h9-12H,2-8,13H2,1H3,(H3,18,19)(H,20,21). The van der Waals surface area contributed by atoms with Crippen molar-refractivity contribution in [2.45, 2.75) is 51.9 Å². The maximum atomic E-state index is 11.8. The van der Waals surface area contributed by atoms with E-state index in [1.807, 2.05) is 24.3 Å². The zero-order chi connectivity index (χ0) is 15.5. The molecule has 0 fully saturated rings. The Bertz CT molecular complexity index is 440. The molecule has 0 bridgehead atoms. The van der Waals surface area contributed by atoms with Gasteiger partial charge in [0.15, 0.2) is 0 Å². The van der Waals surface area contributed by atoms with Gasteiger partial charge < -0.3 is 11.1 Å². The minimum atomic E-state index is -0.184. The van der Waals surface area contributed by atoms with Crippen molar-refractivity contribution < 1.29 is 4.79 Å². The van der Waals surface area contributed by atoms with Crippen LogP contribution in [0.2, 0.25) is 0 Å². The molecule has 0 saturated heterocycles. The topological polar surface area (TPSA) is 79.0 Å². The number of rotatable bonds is 10. The van der Waals surface area contributed by atoms with Crippen LogP contribution in [0.4, 0.5) is 0 Å². The number of amides is 1. The molecule has 0 aliphatic carbocycles. The van der Waals surface area contributed by atoms with Gasteiger partial charge in [0, 0.05) is 5.56 Å². The van der Waals surface area contributed by atoms with Gasteiger partial charge in [0.2, 0.25) is 0 Å². The van der Waals surface area contributed by atoms with Gasteiger partial charge in [0.1, 0.15) is 5.84 Å². The van der Waals surface area contributed by atoms with E-state index in [9.17, 15) is 4.79 Å². The number of nitrogens with one attached hydrogen (secondary N) is 2. The summed E-state index contributed by atoms with van der Waals surface area (Å²) < 4.78 is 0. The fourth-order valence-electron chi connectivity index (χ4n) is 2.21. The van der Waals surface area contributed by atoms with Crippen molar-refractivity contribution in [3.05, 3.63) is 35.4 Å². The van der Waals surface area contributed by atoms with Crippen molar-refractivity contribution in [3.8, 4) is 0 Å². The first-order chi connectivity index (χ1) is 10.1. The number of carbonyl (C=O) groups is 1. The van der Waals surface area contributed by atoms with Crippen LogP contribution in [-0.2, 0) is 6.42 Å². The molecule has 0 aromatic heterocycles. The average Bonchev–Trinajstić information content (AvgIpc) is 2.49. The quantitative estimate of drug-likeness (QED) is 0.351. The second kappa shape index (κ2) is 9.97. The lowest BCUT2D eigenvalue weighted by atomic mass is 10.0. The van der Waals surface area contributed by atoms with Gasteiger partial charge in [-0.05, 0) is 30.5 Å². The first kappa shape index (κ1) is 17.2. The van der Waals surface area contributed by atoms with Crippen molar-refractivity contribution >= 4 is 11.7 Å². The number of hydrogen-bond donors (Lipinski definition) is 3. The molecule has 0 spiro atoms. The highest BCUT2D eigenvalue weighted by atomic mass is 16.1. The number of benzene rings is 1.